The van der Waals surface area contributed by atoms with Crippen LogP contribution < -0.4 is 5.01 Å². The first kappa shape index (κ1) is 17.2. The van der Waals surface area contributed by atoms with Crippen LogP contribution in [0.1, 0.15) is 12.8 Å². The van der Waals surface area contributed by atoms with Gasteiger partial charge in [0.2, 0.25) is 6.20 Å². The molecule has 124 valence electrons. The molecular weight excluding hydrogens is 318 g/mol. The number of para-hydroxylation sites is 1. The van der Waals surface area contributed by atoms with Gasteiger partial charge in [0, 0.05) is 19.2 Å². The van der Waals surface area contributed by atoms with Gasteiger partial charge in [0.05, 0.1) is 15.8 Å². The molecule has 1 aromatic carbocycles. The summed E-state index contributed by atoms with van der Waals surface area (Å²) in [5.41, 5.74) is 0.950. The van der Waals surface area contributed by atoms with Crippen LogP contribution in [0, 0.1) is 0 Å². The van der Waals surface area contributed by atoms with Crippen molar-refractivity contribution in [1.29, 1.82) is 0 Å². The molecular formula is C15H19N3O4S. The Kier molecular flexibility index (Phi) is 5.89. The number of hydrogen-bond acceptors (Lipinski definition) is 6. The number of anilines is 1. The highest BCUT2D eigenvalue weighted by Gasteiger charge is 2.22. The molecule has 1 aliphatic heterocycles. The smallest absolute Gasteiger partial charge is 0.340 e. The second-order valence-corrected chi connectivity index (χ2v) is 6.49. The first-order chi connectivity index (χ1) is 11.0. The maximum Gasteiger partial charge on any atom is 0.340 e. The highest BCUT2D eigenvalue weighted by atomic mass is 32.2. The Labute approximate surface area is 135 Å². The SMILES string of the molecule is CN(N=CC1OC=C[N+]1=CCCCS(=O)(=O)[O-])c1ccccc1. The van der Waals surface area contributed by atoms with Crippen LogP contribution in [0.2, 0.25) is 0 Å². The van der Waals surface area contributed by atoms with E-state index < -0.39 is 10.1 Å². The van der Waals surface area contributed by atoms with E-state index in [9.17, 15) is 13.0 Å². The van der Waals surface area contributed by atoms with Crippen molar-refractivity contribution in [2.75, 3.05) is 17.8 Å². The van der Waals surface area contributed by atoms with Crippen molar-refractivity contribution >= 4 is 28.2 Å². The molecule has 0 aliphatic carbocycles. The first-order valence-corrected chi connectivity index (χ1v) is 8.73. The molecule has 0 amide bonds. The number of ether oxygens (including phenoxy) is 1. The van der Waals surface area contributed by atoms with Crippen LogP contribution in [0.15, 0.2) is 47.9 Å². The molecule has 0 saturated heterocycles. The van der Waals surface area contributed by atoms with E-state index in [2.05, 4.69) is 5.10 Å². The molecule has 1 unspecified atom stereocenters. The Morgan fingerprint density at radius 2 is 2.13 bits per heavy atom. The fraction of sp³-hybridized carbons (Fsp3) is 0.333. The second-order valence-electron chi connectivity index (χ2n) is 4.97. The predicted molar refractivity (Wildman–Crippen MR) is 87.5 cm³/mol. The lowest BCUT2D eigenvalue weighted by molar-refractivity contribution is -0.502. The van der Waals surface area contributed by atoms with Gasteiger partial charge in [-0.25, -0.2) is 8.42 Å². The van der Waals surface area contributed by atoms with E-state index in [-0.39, 0.29) is 18.4 Å². The van der Waals surface area contributed by atoms with Crippen LogP contribution in [-0.4, -0.2) is 49.0 Å². The summed E-state index contributed by atoms with van der Waals surface area (Å²) in [6, 6.07) is 9.68. The standard InChI is InChI=1S/C15H19N3O4S/c1-17(14-7-3-2-4-8-14)16-13-15-18(10-11-22-15)9-5-6-12-23(19,20)21/h2-4,7-11,13,15H,5-6,12H2,1H3. The molecule has 0 bridgehead atoms. The fourth-order valence-corrected chi connectivity index (χ4v) is 2.51. The van der Waals surface area contributed by atoms with Gasteiger partial charge in [-0.2, -0.15) is 9.68 Å². The molecule has 1 heterocycles. The highest BCUT2D eigenvalue weighted by Crippen LogP contribution is 2.11. The van der Waals surface area contributed by atoms with Gasteiger partial charge in [-0.15, -0.1) is 0 Å². The Balaban J connectivity index is 1.90. The number of hydrazone groups is 1. The molecule has 1 atom stereocenters. The third-order valence-electron chi connectivity index (χ3n) is 3.18. The summed E-state index contributed by atoms with van der Waals surface area (Å²) in [6.45, 7) is 0. The number of hydrogen-bond donors (Lipinski definition) is 0. The molecule has 8 heteroatoms. The van der Waals surface area contributed by atoms with Crippen LogP contribution in [0.25, 0.3) is 0 Å². The molecule has 0 fully saturated rings. The summed E-state index contributed by atoms with van der Waals surface area (Å²) >= 11 is 0. The first-order valence-electron chi connectivity index (χ1n) is 7.15. The predicted octanol–water partition coefficient (Wildman–Crippen LogP) is 1.34. The molecule has 1 aromatic rings. The van der Waals surface area contributed by atoms with E-state index in [4.69, 9.17) is 4.74 Å². The zero-order valence-corrected chi connectivity index (χ0v) is 13.6. The van der Waals surface area contributed by atoms with Crippen molar-refractivity contribution in [3.8, 4) is 0 Å². The van der Waals surface area contributed by atoms with Gasteiger partial charge in [-0.1, -0.05) is 18.2 Å². The quantitative estimate of drug-likeness (QED) is 0.246. The van der Waals surface area contributed by atoms with Gasteiger partial charge < -0.3 is 9.29 Å². The van der Waals surface area contributed by atoms with Crippen LogP contribution in [0.3, 0.4) is 0 Å². The van der Waals surface area contributed by atoms with Crippen LogP contribution in [0.5, 0.6) is 0 Å². The van der Waals surface area contributed by atoms with Crippen molar-refractivity contribution in [3.05, 3.63) is 42.8 Å². The molecule has 2 rings (SSSR count). The zero-order valence-electron chi connectivity index (χ0n) is 12.8. The van der Waals surface area contributed by atoms with E-state index in [1.54, 1.807) is 34.5 Å². The number of unbranched alkanes of at least 4 members (excludes halogenated alkanes) is 1. The third kappa shape index (κ3) is 5.84. The normalized spacial score (nSPS) is 19.4. The lowest BCUT2D eigenvalue weighted by atomic mass is 10.3. The monoisotopic (exact) mass is 337 g/mol. The summed E-state index contributed by atoms with van der Waals surface area (Å²) in [5, 5.41) is 6.06. The van der Waals surface area contributed by atoms with E-state index in [1.165, 1.54) is 0 Å². The topological polar surface area (TPSA) is 85.0 Å². The molecule has 23 heavy (non-hydrogen) atoms. The van der Waals surface area contributed by atoms with E-state index in [0.29, 0.717) is 6.42 Å². The summed E-state index contributed by atoms with van der Waals surface area (Å²) in [7, 11) is -2.32. The largest absolute Gasteiger partial charge is 0.748 e. The lowest BCUT2D eigenvalue weighted by Gasteiger charge is -2.12. The molecule has 0 aromatic heterocycles. The average Bonchev–Trinajstić information content (AvgIpc) is 2.96. The summed E-state index contributed by atoms with van der Waals surface area (Å²) in [6.07, 6.45) is 7.06. The van der Waals surface area contributed by atoms with Crippen molar-refractivity contribution < 1.29 is 22.3 Å². The number of nitrogens with zero attached hydrogens (tertiary/aromatic N) is 3. The van der Waals surface area contributed by atoms with Crippen LogP contribution in [0.4, 0.5) is 5.69 Å². The van der Waals surface area contributed by atoms with Crippen molar-refractivity contribution in [3.63, 3.8) is 0 Å². The Morgan fingerprint density at radius 3 is 2.83 bits per heavy atom. The van der Waals surface area contributed by atoms with Crippen molar-refractivity contribution in [1.82, 2.24) is 0 Å². The Bertz CT molecular complexity index is 699. The molecule has 0 saturated carbocycles. The Morgan fingerprint density at radius 1 is 1.39 bits per heavy atom. The van der Waals surface area contributed by atoms with Gasteiger partial charge in [0.25, 0.3) is 0 Å². The van der Waals surface area contributed by atoms with Gasteiger partial charge in [0.1, 0.15) is 12.4 Å². The minimum atomic E-state index is -4.16. The van der Waals surface area contributed by atoms with Crippen LogP contribution >= 0.6 is 0 Å². The van der Waals surface area contributed by atoms with Gasteiger partial charge in [-0.3, -0.25) is 5.01 Å². The summed E-state index contributed by atoms with van der Waals surface area (Å²) in [4.78, 5) is 0. The molecule has 0 spiro atoms. The number of benzene rings is 1. The average molecular weight is 337 g/mol. The molecule has 0 N–H and O–H groups in total. The minimum absolute atomic E-state index is 0.282. The maximum atomic E-state index is 10.6. The van der Waals surface area contributed by atoms with Crippen molar-refractivity contribution in [2.45, 2.75) is 19.1 Å². The van der Waals surface area contributed by atoms with Gasteiger partial charge in [-0.05, 0) is 18.6 Å². The lowest BCUT2D eigenvalue weighted by Crippen LogP contribution is -2.24. The van der Waals surface area contributed by atoms with Crippen LogP contribution in [-0.2, 0) is 14.9 Å². The van der Waals surface area contributed by atoms with Gasteiger partial charge >= 0.3 is 6.23 Å². The summed E-state index contributed by atoms with van der Waals surface area (Å²) < 4.78 is 38.9. The van der Waals surface area contributed by atoms with Crippen molar-refractivity contribution in [2.24, 2.45) is 5.10 Å². The second kappa shape index (κ2) is 7.89. The maximum absolute atomic E-state index is 10.6. The summed E-state index contributed by atoms with van der Waals surface area (Å²) in [5.74, 6) is -0.364. The molecule has 1 aliphatic rings. The van der Waals surface area contributed by atoms with E-state index in [1.807, 2.05) is 37.4 Å². The fourth-order valence-electron chi connectivity index (χ4n) is 1.99. The van der Waals surface area contributed by atoms with E-state index in [0.717, 1.165) is 5.69 Å². The molecule has 0 radical (unpaired) electrons. The molecule has 7 nitrogen and oxygen atoms in total. The third-order valence-corrected chi connectivity index (χ3v) is 3.97. The van der Waals surface area contributed by atoms with Gasteiger partial charge in [0.15, 0.2) is 6.26 Å². The van der Waals surface area contributed by atoms with E-state index >= 15 is 0 Å². The number of rotatable bonds is 7. The minimum Gasteiger partial charge on any atom is -0.748 e. The zero-order chi connectivity index (χ0) is 16.7. The highest BCUT2D eigenvalue weighted by molar-refractivity contribution is 7.85. The Hall–Kier alpha value is -2.19.